The second-order valence-corrected chi connectivity index (χ2v) is 7.06. The first kappa shape index (κ1) is 15.7. The number of hydrogen-bond acceptors (Lipinski definition) is 6. The van der Waals surface area contributed by atoms with Gasteiger partial charge in [-0.25, -0.2) is 9.97 Å². The summed E-state index contributed by atoms with van der Waals surface area (Å²) in [5.41, 5.74) is 2.12. The minimum atomic E-state index is -0.140. The molecule has 114 valence electrons. The van der Waals surface area contributed by atoms with Crippen molar-refractivity contribution >= 4 is 45.6 Å². The molecule has 0 aliphatic rings. The number of hydrogen-bond donors (Lipinski definition) is 1. The number of allylic oxidation sites excluding steroid dienone is 1. The van der Waals surface area contributed by atoms with Crippen molar-refractivity contribution in [3.05, 3.63) is 56.4 Å². The second kappa shape index (κ2) is 6.50. The van der Waals surface area contributed by atoms with Crippen LogP contribution in [0, 0.1) is 18.3 Å². The highest BCUT2D eigenvalue weighted by molar-refractivity contribution is 7.16. The van der Waals surface area contributed by atoms with Crippen molar-refractivity contribution < 1.29 is 5.11 Å². The fraction of sp³-hybridized carbons (Fsp3) is 0.0625. The molecule has 0 radical (unpaired) electrons. The summed E-state index contributed by atoms with van der Waals surface area (Å²) in [6.07, 6.45) is 0. The third-order valence-electron chi connectivity index (χ3n) is 3.12. The summed E-state index contributed by atoms with van der Waals surface area (Å²) in [6.45, 7) is 1.74. The first-order chi connectivity index (χ1) is 11.1. The summed E-state index contributed by atoms with van der Waals surface area (Å²) in [5, 5.41) is 22.4. The maximum absolute atomic E-state index is 10.4. The molecule has 3 rings (SSSR count). The van der Waals surface area contributed by atoms with E-state index in [-0.39, 0.29) is 11.3 Å². The van der Waals surface area contributed by atoms with Crippen molar-refractivity contribution in [2.24, 2.45) is 0 Å². The molecule has 0 bridgehead atoms. The number of aliphatic hydroxyl groups is 1. The van der Waals surface area contributed by atoms with E-state index in [4.69, 9.17) is 11.6 Å². The van der Waals surface area contributed by atoms with Gasteiger partial charge in [0.05, 0.1) is 16.3 Å². The van der Waals surface area contributed by atoms with E-state index < -0.39 is 0 Å². The highest BCUT2D eigenvalue weighted by atomic mass is 35.5. The summed E-state index contributed by atoms with van der Waals surface area (Å²) >= 11 is 8.42. The molecule has 7 heteroatoms. The lowest BCUT2D eigenvalue weighted by molar-refractivity contribution is 0.515. The van der Waals surface area contributed by atoms with E-state index >= 15 is 0 Å². The van der Waals surface area contributed by atoms with Crippen LogP contribution in [0.4, 0.5) is 0 Å². The number of aliphatic hydroxyl groups excluding tert-OH is 1. The predicted molar refractivity (Wildman–Crippen MR) is 94.5 cm³/mol. The Bertz CT molecular complexity index is 922. The zero-order chi connectivity index (χ0) is 16.4. The van der Waals surface area contributed by atoms with Gasteiger partial charge in [-0.3, -0.25) is 0 Å². The fourth-order valence-electron chi connectivity index (χ4n) is 2.03. The molecule has 0 spiro atoms. The minimum Gasteiger partial charge on any atom is -0.505 e. The van der Waals surface area contributed by atoms with Crippen LogP contribution in [-0.2, 0) is 0 Å². The van der Waals surface area contributed by atoms with Crippen molar-refractivity contribution in [3.63, 3.8) is 0 Å². The molecule has 23 heavy (non-hydrogen) atoms. The second-order valence-electron chi connectivity index (χ2n) is 4.62. The number of aromatic nitrogens is 2. The van der Waals surface area contributed by atoms with Crippen LogP contribution in [0.1, 0.15) is 16.3 Å². The lowest BCUT2D eigenvalue weighted by Crippen LogP contribution is -1.91. The van der Waals surface area contributed by atoms with Gasteiger partial charge >= 0.3 is 0 Å². The first-order valence-corrected chi connectivity index (χ1v) is 8.65. The molecule has 1 N–H and O–H groups in total. The standard InChI is InChI=1S/C16H10ClN3OS2/c1-9-14(23-16(17)19-9)13(21)11(7-18)12-8-22-15(20-12)10-5-3-2-4-6-10/h2-6,8,21H,1H3. The van der Waals surface area contributed by atoms with Crippen molar-refractivity contribution in [2.45, 2.75) is 6.92 Å². The Morgan fingerprint density at radius 2 is 2.00 bits per heavy atom. The lowest BCUT2D eigenvalue weighted by atomic mass is 10.1. The van der Waals surface area contributed by atoms with Crippen LogP contribution in [0.2, 0.25) is 4.47 Å². The number of nitriles is 1. The number of rotatable bonds is 3. The van der Waals surface area contributed by atoms with Crippen LogP contribution in [0.5, 0.6) is 0 Å². The lowest BCUT2D eigenvalue weighted by Gasteiger charge is -2.00. The summed E-state index contributed by atoms with van der Waals surface area (Å²) in [6, 6.07) is 11.7. The van der Waals surface area contributed by atoms with Gasteiger partial charge in [-0.05, 0) is 6.92 Å². The third kappa shape index (κ3) is 3.13. The molecular weight excluding hydrogens is 350 g/mol. The van der Waals surface area contributed by atoms with E-state index in [0.29, 0.717) is 20.7 Å². The van der Waals surface area contributed by atoms with Crippen LogP contribution in [0.15, 0.2) is 35.7 Å². The van der Waals surface area contributed by atoms with Crippen molar-refractivity contribution in [3.8, 4) is 16.6 Å². The highest BCUT2D eigenvalue weighted by Gasteiger charge is 2.18. The van der Waals surface area contributed by atoms with Gasteiger partial charge in [0.1, 0.15) is 16.6 Å². The molecule has 2 aromatic heterocycles. The molecule has 0 saturated carbocycles. The summed E-state index contributed by atoms with van der Waals surface area (Å²) in [5.74, 6) is -0.140. The van der Waals surface area contributed by atoms with Gasteiger partial charge in [-0.2, -0.15) is 5.26 Å². The zero-order valence-electron chi connectivity index (χ0n) is 11.9. The molecule has 0 aliphatic heterocycles. The fourth-order valence-corrected chi connectivity index (χ4v) is 3.95. The topological polar surface area (TPSA) is 69.8 Å². The Hall–Kier alpha value is -2.20. The van der Waals surface area contributed by atoms with Crippen LogP contribution >= 0.6 is 34.3 Å². The number of thiazole rings is 2. The summed E-state index contributed by atoms with van der Waals surface area (Å²) in [7, 11) is 0. The van der Waals surface area contributed by atoms with Gasteiger partial charge in [0.2, 0.25) is 0 Å². The van der Waals surface area contributed by atoms with Gasteiger partial charge < -0.3 is 5.11 Å². The Labute approximate surface area is 146 Å². The first-order valence-electron chi connectivity index (χ1n) is 6.58. The third-order valence-corrected chi connectivity index (χ3v) is 5.28. The van der Waals surface area contributed by atoms with Crippen molar-refractivity contribution in [1.29, 1.82) is 5.26 Å². The maximum Gasteiger partial charge on any atom is 0.184 e. The molecular formula is C16H10ClN3OS2. The van der Waals surface area contributed by atoms with E-state index in [1.807, 2.05) is 36.4 Å². The molecule has 3 aromatic rings. The predicted octanol–water partition coefficient (Wildman–Crippen LogP) is 5.18. The number of halogens is 1. The normalized spacial score (nSPS) is 11.9. The minimum absolute atomic E-state index is 0.117. The summed E-state index contributed by atoms with van der Waals surface area (Å²) < 4.78 is 0.324. The summed E-state index contributed by atoms with van der Waals surface area (Å²) in [4.78, 5) is 9.01. The van der Waals surface area contributed by atoms with Gasteiger partial charge in [0.15, 0.2) is 10.2 Å². The highest BCUT2D eigenvalue weighted by Crippen LogP contribution is 2.33. The van der Waals surface area contributed by atoms with Gasteiger partial charge in [-0.15, -0.1) is 11.3 Å². The molecule has 2 heterocycles. The molecule has 4 nitrogen and oxygen atoms in total. The Balaban J connectivity index is 2.06. The van der Waals surface area contributed by atoms with E-state index in [1.165, 1.54) is 11.3 Å². The maximum atomic E-state index is 10.4. The Morgan fingerprint density at radius 1 is 1.26 bits per heavy atom. The van der Waals surface area contributed by atoms with E-state index in [1.54, 1.807) is 12.3 Å². The smallest absolute Gasteiger partial charge is 0.184 e. The van der Waals surface area contributed by atoms with Crippen LogP contribution in [0.3, 0.4) is 0 Å². The Kier molecular flexibility index (Phi) is 4.44. The van der Waals surface area contributed by atoms with E-state index in [2.05, 4.69) is 9.97 Å². The SMILES string of the molecule is Cc1nc(Cl)sc1C(O)=C(C#N)c1csc(-c2ccccc2)n1. The van der Waals surface area contributed by atoms with Gasteiger partial charge in [0, 0.05) is 10.9 Å². The van der Waals surface area contributed by atoms with Crippen LogP contribution in [0.25, 0.3) is 21.9 Å². The Morgan fingerprint density at radius 3 is 2.61 bits per heavy atom. The molecule has 0 unspecified atom stereocenters. The molecule has 0 fully saturated rings. The quantitative estimate of drug-likeness (QED) is 0.516. The van der Waals surface area contributed by atoms with Crippen LogP contribution in [-0.4, -0.2) is 15.1 Å². The van der Waals surface area contributed by atoms with Gasteiger partial charge in [0.25, 0.3) is 0 Å². The molecule has 0 saturated heterocycles. The zero-order valence-corrected chi connectivity index (χ0v) is 14.3. The molecule has 0 aliphatic carbocycles. The number of nitrogens with zero attached hydrogens (tertiary/aromatic N) is 3. The molecule has 1 aromatic carbocycles. The monoisotopic (exact) mass is 359 g/mol. The van der Waals surface area contributed by atoms with E-state index in [9.17, 15) is 10.4 Å². The van der Waals surface area contributed by atoms with Crippen LogP contribution < -0.4 is 0 Å². The van der Waals surface area contributed by atoms with Gasteiger partial charge in [-0.1, -0.05) is 53.3 Å². The number of aryl methyl sites for hydroxylation is 1. The largest absolute Gasteiger partial charge is 0.505 e. The van der Waals surface area contributed by atoms with E-state index in [0.717, 1.165) is 21.9 Å². The number of benzene rings is 1. The van der Waals surface area contributed by atoms with Crippen molar-refractivity contribution in [2.75, 3.05) is 0 Å². The average molecular weight is 360 g/mol. The molecule has 0 amide bonds. The average Bonchev–Trinajstić information content (AvgIpc) is 3.15. The molecule has 0 atom stereocenters. The van der Waals surface area contributed by atoms with Crippen molar-refractivity contribution in [1.82, 2.24) is 9.97 Å².